The van der Waals surface area contributed by atoms with Crippen LogP contribution in [0.1, 0.15) is 24.8 Å². The number of carbonyl (C=O) groups is 1. The van der Waals surface area contributed by atoms with Gasteiger partial charge in [0.2, 0.25) is 11.9 Å². The lowest BCUT2D eigenvalue weighted by molar-refractivity contribution is -0.129. The highest BCUT2D eigenvalue weighted by Gasteiger charge is 2.30. The predicted octanol–water partition coefficient (Wildman–Crippen LogP) is 0.722. The number of rotatable bonds is 7. The molecule has 3 N–H and O–H groups in total. The molecular formula is C15H26N6O. The Kier molecular flexibility index (Phi) is 5.54. The Hall–Kier alpha value is -1.89. The smallest absolute Gasteiger partial charge is 0.222 e. The molecule has 0 aliphatic carbocycles. The van der Waals surface area contributed by atoms with Crippen LogP contribution < -0.4 is 11.1 Å². The Labute approximate surface area is 131 Å². The SMILES string of the molecule is Cc1cnc(N)nc1NCC[C@H]1CCC(=O)N1CCN(C)C. The molecule has 1 fully saturated rings. The first-order valence-corrected chi connectivity index (χ1v) is 7.74. The molecule has 7 heteroatoms. The second-order valence-corrected chi connectivity index (χ2v) is 6.06. The highest BCUT2D eigenvalue weighted by Crippen LogP contribution is 2.21. The van der Waals surface area contributed by atoms with E-state index in [1.807, 2.05) is 25.9 Å². The maximum atomic E-state index is 12.0. The van der Waals surface area contributed by atoms with Crippen molar-refractivity contribution in [2.24, 2.45) is 0 Å². The van der Waals surface area contributed by atoms with Crippen LogP contribution >= 0.6 is 0 Å². The highest BCUT2D eigenvalue weighted by molar-refractivity contribution is 5.78. The molecular weight excluding hydrogens is 280 g/mol. The minimum Gasteiger partial charge on any atom is -0.370 e. The summed E-state index contributed by atoms with van der Waals surface area (Å²) in [5.41, 5.74) is 6.58. The Morgan fingerprint density at radius 3 is 3.00 bits per heavy atom. The van der Waals surface area contributed by atoms with Crippen molar-refractivity contribution in [3.8, 4) is 0 Å². The molecule has 7 nitrogen and oxygen atoms in total. The molecule has 122 valence electrons. The van der Waals surface area contributed by atoms with Gasteiger partial charge in [-0.15, -0.1) is 0 Å². The van der Waals surface area contributed by atoms with Gasteiger partial charge in [-0.25, -0.2) is 4.98 Å². The molecule has 2 rings (SSSR count). The van der Waals surface area contributed by atoms with E-state index >= 15 is 0 Å². The lowest BCUT2D eigenvalue weighted by Crippen LogP contribution is -2.39. The number of nitrogens with one attached hydrogen (secondary N) is 1. The standard InChI is InChI=1S/C15H26N6O/c1-11-10-18-15(16)19-14(11)17-7-6-12-4-5-13(22)21(12)9-8-20(2)3/h10,12H,4-9H2,1-3H3,(H3,16,17,18,19)/t12-/m1/s1. The summed E-state index contributed by atoms with van der Waals surface area (Å²) >= 11 is 0. The molecule has 1 aliphatic heterocycles. The average Bonchev–Trinajstić information content (AvgIpc) is 2.81. The number of hydrogen-bond donors (Lipinski definition) is 2. The molecule has 0 saturated carbocycles. The van der Waals surface area contributed by atoms with Gasteiger partial charge in [0.15, 0.2) is 0 Å². The second kappa shape index (κ2) is 7.40. The van der Waals surface area contributed by atoms with E-state index in [1.54, 1.807) is 6.20 Å². The molecule has 0 aromatic carbocycles. The van der Waals surface area contributed by atoms with Gasteiger partial charge in [-0.05, 0) is 33.9 Å². The van der Waals surface area contributed by atoms with Gasteiger partial charge in [0.25, 0.3) is 0 Å². The normalized spacial score (nSPS) is 18.3. The largest absolute Gasteiger partial charge is 0.370 e. The molecule has 1 aromatic rings. The molecule has 0 bridgehead atoms. The fourth-order valence-electron chi connectivity index (χ4n) is 2.70. The van der Waals surface area contributed by atoms with Crippen molar-refractivity contribution < 1.29 is 4.79 Å². The van der Waals surface area contributed by atoms with E-state index in [0.717, 1.165) is 43.9 Å². The van der Waals surface area contributed by atoms with Crippen molar-refractivity contribution in [1.82, 2.24) is 19.8 Å². The number of nitrogens with zero attached hydrogens (tertiary/aromatic N) is 4. The Bertz CT molecular complexity index is 519. The molecule has 1 aliphatic rings. The van der Waals surface area contributed by atoms with Crippen molar-refractivity contribution >= 4 is 17.7 Å². The quantitative estimate of drug-likeness (QED) is 0.772. The minimum atomic E-state index is 0.273. The van der Waals surface area contributed by atoms with Crippen molar-refractivity contribution in [3.05, 3.63) is 11.8 Å². The molecule has 0 radical (unpaired) electrons. The van der Waals surface area contributed by atoms with E-state index in [2.05, 4.69) is 20.2 Å². The van der Waals surface area contributed by atoms with Gasteiger partial charge in [0.05, 0.1) is 0 Å². The molecule has 0 spiro atoms. The van der Waals surface area contributed by atoms with Gasteiger partial charge < -0.3 is 20.9 Å². The summed E-state index contributed by atoms with van der Waals surface area (Å²) in [5.74, 6) is 1.32. The topological polar surface area (TPSA) is 87.4 Å². The van der Waals surface area contributed by atoms with Gasteiger partial charge in [-0.2, -0.15) is 4.98 Å². The molecule has 2 heterocycles. The van der Waals surface area contributed by atoms with Crippen LogP contribution in [0.25, 0.3) is 0 Å². The van der Waals surface area contributed by atoms with E-state index in [-0.39, 0.29) is 11.9 Å². The van der Waals surface area contributed by atoms with Gasteiger partial charge in [0.1, 0.15) is 5.82 Å². The molecule has 0 unspecified atom stereocenters. The van der Waals surface area contributed by atoms with Crippen LogP contribution in [0, 0.1) is 6.92 Å². The third-order valence-electron chi connectivity index (χ3n) is 4.00. The first-order chi connectivity index (χ1) is 10.5. The van der Waals surface area contributed by atoms with Crippen molar-refractivity contribution in [3.63, 3.8) is 0 Å². The van der Waals surface area contributed by atoms with Crippen LogP contribution in [-0.2, 0) is 4.79 Å². The van der Waals surface area contributed by atoms with Crippen LogP contribution in [-0.4, -0.2) is 65.4 Å². The number of aromatic nitrogens is 2. The lowest BCUT2D eigenvalue weighted by Gasteiger charge is -2.26. The Balaban J connectivity index is 1.84. The Morgan fingerprint density at radius 1 is 1.50 bits per heavy atom. The highest BCUT2D eigenvalue weighted by atomic mass is 16.2. The van der Waals surface area contributed by atoms with Gasteiger partial charge in [0, 0.05) is 43.9 Å². The van der Waals surface area contributed by atoms with Gasteiger partial charge in [-0.1, -0.05) is 0 Å². The maximum Gasteiger partial charge on any atom is 0.222 e. The van der Waals surface area contributed by atoms with Crippen LogP contribution in [0.3, 0.4) is 0 Å². The molecule has 1 saturated heterocycles. The summed E-state index contributed by atoms with van der Waals surface area (Å²) in [4.78, 5) is 24.3. The first kappa shape index (κ1) is 16.5. The summed E-state index contributed by atoms with van der Waals surface area (Å²) in [6, 6.07) is 0.319. The first-order valence-electron chi connectivity index (χ1n) is 7.74. The Morgan fingerprint density at radius 2 is 2.27 bits per heavy atom. The minimum absolute atomic E-state index is 0.273. The third kappa shape index (κ3) is 4.30. The zero-order valence-electron chi connectivity index (χ0n) is 13.7. The fourth-order valence-corrected chi connectivity index (χ4v) is 2.70. The molecule has 22 heavy (non-hydrogen) atoms. The van der Waals surface area contributed by atoms with E-state index in [1.165, 1.54) is 0 Å². The third-order valence-corrected chi connectivity index (χ3v) is 4.00. The van der Waals surface area contributed by atoms with Crippen LogP contribution in [0.15, 0.2) is 6.20 Å². The predicted molar refractivity (Wildman–Crippen MR) is 87.6 cm³/mol. The van der Waals surface area contributed by atoms with Gasteiger partial charge in [-0.3, -0.25) is 4.79 Å². The summed E-state index contributed by atoms with van der Waals surface area (Å²) in [6.07, 6.45) is 4.24. The van der Waals surface area contributed by atoms with Crippen LogP contribution in [0.5, 0.6) is 0 Å². The van der Waals surface area contributed by atoms with Crippen molar-refractivity contribution in [2.45, 2.75) is 32.2 Å². The molecule has 1 amide bonds. The van der Waals surface area contributed by atoms with E-state index < -0.39 is 0 Å². The number of nitrogens with two attached hydrogens (primary N) is 1. The monoisotopic (exact) mass is 306 g/mol. The number of nitrogen functional groups attached to an aromatic ring is 1. The number of amides is 1. The van der Waals surface area contributed by atoms with Crippen LogP contribution in [0.4, 0.5) is 11.8 Å². The van der Waals surface area contributed by atoms with Crippen molar-refractivity contribution in [1.29, 1.82) is 0 Å². The number of aryl methyl sites for hydroxylation is 1. The van der Waals surface area contributed by atoms with Gasteiger partial charge >= 0.3 is 0 Å². The van der Waals surface area contributed by atoms with E-state index in [0.29, 0.717) is 12.5 Å². The summed E-state index contributed by atoms with van der Waals surface area (Å²) in [7, 11) is 4.05. The summed E-state index contributed by atoms with van der Waals surface area (Å²) in [6.45, 7) is 4.42. The number of likely N-dealkylation sites (tertiary alicyclic amines) is 1. The number of carbonyl (C=O) groups excluding carboxylic acids is 1. The number of anilines is 2. The van der Waals surface area contributed by atoms with E-state index in [4.69, 9.17) is 5.73 Å². The van der Waals surface area contributed by atoms with E-state index in [9.17, 15) is 4.79 Å². The molecule has 1 atom stereocenters. The zero-order chi connectivity index (χ0) is 16.1. The van der Waals surface area contributed by atoms with Crippen LogP contribution in [0.2, 0.25) is 0 Å². The lowest BCUT2D eigenvalue weighted by atomic mass is 10.1. The average molecular weight is 306 g/mol. The van der Waals surface area contributed by atoms with Crippen molar-refractivity contribution in [2.75, 3.05) is 44.8 Å². The summed E-state index contributed by atoms with van der Waals surface area (Å²) in [5, 5.41) is 3.30. The molecule has 1 aromatic heterocycles. The number of hydrogen-bond acceptors (Lipinski definition) is 6. The maximum absolute atomic E-state index is 12.0. The number of likely N-dealkylation sites (N-methyl/N-ethyl adjacent to an activating group) is 1. The zero-order valence-corrected chi connectivity index (χ0v) is 13.7. The second-order valence-electron chi connectivity index (χ2n) is 6.06. The fraction of sp³-hybridized carbons (Fsp3) is 0.667. The summed E-state index contributed by atoms with van der Waals surface area (Å²) < 4.78 is 0.